The summed E-state index contributed by atoms with van der Waals surface area (Å²) in [6.07, 6.45) is 2.79. The molecule has 1 unspecified atom stereocenters. The summed E-state index contributed by atoms with van der Waals surface area (Å²) in [7, 11) is 1.99. The van der Waals surface area contributed by atoms with E-state index < -0.39 is 0 Å². The van der Waals surface area contributed by atoms with Crippen molar-refractivity contribution in [2.75, 3.05) is 7.05 Å². The van der Waals surface area contributed by atoms with Crippen LogP contribution in [0.1, 0.15) is 17.2 Å². The first-order valence-corrected chi connectivity index (χ1v) is 7.45. The lowest BCUT2D eigenvalue weighted by atomic mass is 9.98. The average Bonchev–Trinajstić information content (AvgIpc) is 2.89. The maximum atomic E-state index is 5.64. The van der Waals surface area contributed by atoms with E-state index in [4.69, 9.17) is 4.42 Å². The van der Waals surface area contributed by atoms with E-state index >= 15 is 0 Å². The second-order valence-corrected chi connectivity index (χ2v) is 5.78. The maximum Gasteiger partial charge on any atom is 0.134 e. The predicted molar refractivity (Wildman–Crippen MR) is 85.9 cm³/mol. The zero-order chi connectivity index (χ0) is 13.9. The van der Waals surface area contributed by atoms with E-state index in [0.29, 0.717) is 0 Å². The summed E-state index contributed by atoms with van der Waals surface area (Å²) < 4.78 is 6.76. The van der Waals surface area contributed by atoms with Crippen molar-refractivity contribution in [2.24, 2.45) is 0 Å². The molecule has 0 aliphatic rings. The van der Waals surface area contributed by atoms with Gasteiger partial charge >= 0.3 is 0 Å². The third-order valence-electron chi connectivity index (χ3n) is 3.56. The molecule has 1 aromatic heterocycles. The van der Waals surface area contributed by atoms with E-state index in [1.807, 2.05) is 37.6 Å². The zero-order valence-electron chi connectivity index (χ0n) is 11.3. The van der Waals surface area contributed by atoms with Crippen molar-refractivity contribution in [2.45, 2.75) is 12.5 Å². The highest BCUT2D eigenvalue weighted by Crippen LogP contribution is 2.28. The maximum absolute atomic E-state index is 5.64. The van der Waals surface area contributed by atoms with Crippen LogP contribution in [0.3, 0.4) is 0 Å². The lowest BCUT2D eigenvalue weighted by Gasteiger charge is -2.15. The molecule has 1 atom stereocenters. The minimum absolute atomic E-state index is 0.243. The number of rotatable bonds is 4. The molecule has 0 spiro atoms. The van der Waals surface area contributed by atoms with Crippen LogP contribution in [0.15, 0.2) is 63.7 Å². The number of halogens is 1. The Kier molecular flexibility index (Phi) is 3.90. The number of likely N-dealkylation sites (N-methyl/N-ethyl adjacent to an activating group) is 1. The van der Waals surface area contributed by atoms with Crippen molar-refractivity contribution >= 4 is 26.9 Å². The van der Waals surface area contributed by atoms with Gasteiger partial charge in [0.05, 0.1) is 6.26 Å². The number of fused-ring (bicyclic) bond motifs is 1. The summed E-state index contributed by atoms with van der Waals surface area (Å²) in [4.78, 5) is 0. The van der Waals surface area contributed by atoms with Gasteiger partial charge in [-0.25, -0.2) is 0 Å². The number of nitrogens with one attached hydrogen (secondary N) is 1. The second kappa shape index (κ2) is 5.81. The zero-order valence-corrected chi connectivity index (χ0v) is 12.9. The lowest BCUT2D eigenvalue weighted by Crippen LogP contribution is -2.18. The van der Waals surface area contributed by atoms with Crippen LogP contribution in [0.2, 0.25) is 0 Å². The van der Waals surface area contributed by atoms with Crippen molar-refractivity contribution < 1.29 is 4.42 Å². The highest BCUT2D eigenvalue weighted by Gasteiger charge is 2.15. The van der Waals surface area contributed by atoms with Gasteiger partial charge in [-0.2, -0.15) is 0 Å². The first-order valence-electron chi connectivity index (χ1n) is 6.66. The molecule has 0 aliphatic heterocycles. The van der Waals surface area contributed by atoms with Crippen molar-refractivity contribution in [3.05, 3.63) is 70.4 Å². The summed E-state index contributed by atoms with van der Waals surface area (Å²) in [6.45, 7) is 0. The number of furan rings is 1. The van der Waals surface area contributed by atoms with Gasteiger partial charge in [0.1, 0.15) is 5.58 Å². The molecule has 3 rings (SSSR count). The fourth-order valence-corrected chi connectivity index (χ4v) is 2.98. The van der Waals surface area contributed by atoms with Gasteiger partial charge in [0.25, 0.3) is 0 Å². The van der Waals surface area contributed by atoms with Crippen LogP contribution in [-0.2, 0) is 6.42 Å². The van der Waals surface area contributed by atoms with Crippen molar-refractivity contribution in [1.82, 2.24) is 5.32 Å². The Bertz CT molecular complexity index is 720. The third kappa shape index (κ3) is 2.65. The Morgan fingerprint density at radius 3 is 2.80 bits per heavy atom. The second-order valence-electron chi connectivity index (χ2n) is 4.86. The smallest absolute Gasteiger partial charge is 0.134 e. The van der Waals surface area contributed by atoms with E-state index in [1.54, 1.807) is 0 Å². The molecule has 0 bridgehead atoms. The molecule has 3 aromatic rings. The number of hydrogen-bond acceptors (Lipinski definition) is 2. The Hall–Kier alpha value is -1.58. The van der Waals surface area contributed by atoms with Gasteiger partial charge in [0.2, 0.25) is 0 Å². The monoisotopic (exact) mass is 329 g/mol. The fraction of sp³-hybridized carbons (Fsp3) is 0.176. The van der Waals surface area contributed by atoms with Gasteiger partial charge in [-0.1, -0.05) is 46.3 Å². The first-order chi connectivity index (χ1) is 9.78. The van der Waals surface area contributed by atoms with E-state index in [-0.39, 0.29) is 6.04 Å². The SMILES string of the molecule is CNC(Cc1cccc(Br)c1)c1coc2ccccc12. The van der Waals surface area contributed by atoms with Crippen molar-refractivity contribution in [3.8, 4) is 0 Å². The molecule has 1 N–H and O–H groups in total. The molecule has 0 fully saturated rings. The normalized spacial score (nSPS) is 12.7. The minimum Gasteiger partial charge on any atom is -0.464 e. The third-order valence-corrected chi connectivity index (χ3v) is 4.06. The van der Waals surface area contributed by atoms with Crippen LogP contribution in [0.25, 0.3) is 11.0 Å². The first kappa shape index (κ1) is 13.4. The Balaban J connectivity index is 1.93. The quantitative estimate of drug-likeness (QED) is 0.750. The molecule has 0 saturated carbocycles. The Morgan fingerprint density at radius 2 is 2.00 bits per heavy atom. The Morgan fingerprint density at radius 1 is 1.15 bits per heavy atom. The van der Waals surface area contributed by atoms with Crippen molar-refractivity contribution in [1.29, 1.82) is 0 Å². The topological polar surface area (TPSA) is 25.2 Å². The van der Waals surface area contributed by atoms with Crippen LogP contribution >= 0.6 is 15.9 Å². The van der Waals surface area contributed by atoms with Gasteiger partial charge in [0.15, 0.2) is 0 Å². The largest absolute Gasteiger partial charge is 0.464 e. The van der Waals surface area contributed by atoms with Crippen LogP contribution in [0.5, 0.6) is 0 Å². The molecule has 3 heteroatoms. The lowest BCUT2D eigenvalue weighted by molar-refractivity contribution is 0.563. The minimum atomic E-state index is 0.243. The van der Waals surface area contributed by atoms with Crippen LogP contribution in [0.4, 0.5) is 0 Å². The summed E-state index contributed by atoms with van der Waals surface area (Å²) in [6, 6.07) is 16.8. The fourth-order valence-electron chi connectivity index (χ4n) is 2.54. The van der Waals surface area contributed by atoms with E-state index in [1.165, 1.54) is 16.5 Å². The molecule has 0 aliphatic carbocycles. The average molecular weight is 330 g/mol. The molecular weight excluding hydrogens is 314 g/mol. The molecule has 20 heavy (non-hydrogen) atoms. The Labute approximate surface area is 126 Å². The van der Waals surface area contributed by atoms with Crippen LogP contribution in [-0.4, -0.2) is 7.05 Å². The summed E-state index contributed by atoms with van der Waals surface area (Å²) >= 11 is 3.52. The van der Waals surface area contributed by atoms with Gasteiger partial charge in [-0.05, 0) is 37.2 Å². The van der Waals surface area contributed by atoms with Crippen LogP contribution < -0.4 is 5.32 Å². The van der Waals surface area contributed by atoms with Crippen LogP contribution in [0, 0.1) is 0 Å². The number of para-hydroxylation sites is 1. The van der Waals surface area contributed by atoms with Gasteiger partial charge in [0, 0.05) is 21.5 Å². The summed E-state index contributed by atoms with van der Waals surface area (Å²) in [5, 5.41) is 4.57. The van der Waals surface area contributed by atoms with Gasteiger partial charge in [-0.3, -0.25) is 0 Å². The molecule has 2 nitrogen and oxygen atoms in total. The highest BCUT2D eigenvalue weighted by molar-refractivity contribution is 9.10. The molecule has 0 amide bonds. The summed E-state index contributed by atoms with van der Waals surface area (Å²) in [5.41, 5.74) is 3.45. The molecule has 2 aromatic carbocycles. The number of hydrogen-bond donors (Lipinski definition) is 1. The molecule has 0 saturated heterocycles. The predicted octanol–water partition coefficient (Wildman–Crippen LogP) is 4.70. The molecule has 1 heterocycles. The standard InChI is InChI=1S/C17H16BrNO/c1-19-16(10-12-5-4-6-13(18)9-12)15-11-20-17-8-3-2-7-14(15)17/h2-9,11,16,19H,10H2,1H3. The van der Waals surface area contributed by atoms with E-state index in [9.17, 15) is 0 Å². The summed E-state index contributed by atoms with van der Waals surface area (Å²) in [5.74, 6) is 0. The highest BCUT2D eigenvalue weighted by atomic mass is 79.9. The van der Waals surface area contributed by atoms with E-state index in [2.05, 4.69) is 45.5 Å². The molecule has 102 valence electrons. The molecule has 0 radical (unpaired) electrons. The number of benzene rings is 2. The van der Waals surface area contributed by atoms with Gasteiger partial charge < -0.3 is 9.73 Å². The van der Waals surface area contributed by atoms with E-state index in [0.717, 1.165) is 16.5 Å². The van der Waals surface area contributed by atoms with Crippen molar-refractivity contribution in [3.63, 3.8) is 0 Å². The molecular formula is C17H16BrNO. The van der Waals surface area contributed by atoms with Gasteiger partial charge in [-0.15, -0.1) is 0 Å².